The van der Waals surface area contributed by atoms with E-state index in [0.29, 0.717) is 5.39 Å². The Morgan fingerprint density at radius 2 is 1.69 bits per heavy atom. The van der Waals surface area contributed by atoms with Crippen molar-refractivity contribution in [1.29, 1.82) is 0 Å². The van der Waals surface area contributed by atoms with Gasteiger partial charge in [-0.25, -0.2) is 4.79 Å². The zero-order chi connectivity index (χ0) is 28.8. The number of benzene rings is 4. The molecule has 0 N–H and O–H groups in total. The van der Waals surface area contributed by atoms with Gasteiger partial charge in [0, 0.05) is 22.9 Å². The summed E-state index contributed by atoms with van der Waals surface area (Å²) in [5.41, 5.74) is 3.04. The lowest BCUT2D eigenvalue weighted by molar-refractivity contribution is -0.378. The first-order chi connectivity index (χ1) is 20.5. The van der Waals surface area contributed by atoms with E-state index in [2.05, 4.69) is 47.4 Å². The van der Waals surface area contributed by atoms with Gasteiger partial charge in [0.2, 0.25) is 0 Å². The Kier molecular flexibility index (Phi) is 6.38. The molecule has 3 aliphatic rings. The summed E-state index contributed by atoms with van der Waals surface area (Å²) in [6.45, 7) is 1.70. The van der Waals surface area contributed by atoms with Gasteiger partial charge < -0.3 is 9.64 Å². The maximum absolute atomic E-state index is 13.0. The number of allylic oxidation sites excluding steroid dienone is 1. The summed E-state index contributed by atoms with van der Waals surface area (Å²) in [4.78, 5) is 32.7. The maximum atomic E-state index is 13.0. The summed E-state index contributed by atoms with van der Waals surface area (Å²) < 4.78 is 5.17. The molecule has 1 aliphatic carbocycles. The normalized spacial score (nSPS) is 23.2. The Morgan fingerprint density at radius 1 is 1.00 bits per heavy atom. The number of ether oxygens (including phenoxy) is 1. The Labute approximate surface area is 243 Å². The van der Waals surface area contributed by atoms with Crippen LogP contribution in [0.1, 0.15) is 49.7 Å². The molecule has 3 atom stereocenters. The summed E-state index contributed by atoms with van der Waals surface area (Å²) in [5.74, 6) is -0.573. The van der Waals surface area contributed by atoms with Crippen LogP contribution in [0, 0.1) is 16.0 Å². The molecular formula is C35H31N3O4. The predicted octanol–water partition coefficient (Wildman–Crippen LogP) is 5.95. The first-order valence-electron chi connectivity index (χ1n) is 14.6. The Morgan fingerprint density at radius 3 is 2.40 bits per heavy atom. The number of fused-ring (bicyclic) bond motifs is 4. The molecule has 7 heteroatoms. The van der Waals surface area contributed by atoms with E-state index in [4.69, 9.17) is 9.73 Å². The molecule has 1 spiro atoms. The summed E-state index contributed by atoms with van der Waals surface area (Å²) in [6.07, 6.45) is 6.41. The van der Waals surface area contributed by atoms with E-state index in [-0.39, 0.29) is 23.7 Å². The molecule has 2 heterocycles. The number of hydrogen-bond donors (Lipinski definition) is 0. The van der Waals surface area contributed by atoms with E-state index < -0.39 is 22.3 Å². The molecule has 1 fully saturated rings. The second kappa shape index (κ2) is 10.2. The fraction of sp³-hybridized carbons (Fsp3) is 0.257. The van der Waals surface area contributed by atoms with E-state index in [0.717, 1.165) is 53.4 Å². The minimum atomic E-state index is -0.936. The highest BCUT2D eigenvalue weighted by atomic mass is 16.6. The summed E-state index contributed by atoms with van der Waals surface area (Å²) in [7, 11) is 0. The van der Waals surface area contributed by atoms with E-state index in [1.54, 1.807) is 13.0 Å². The van der Waals surface area contributed by atoms with E-state index >= 15 is 0 Å². The monoisotopic (exact) mass is 557 g/mol. The van der Waals surface area contributed by atoms with Gasteiger partial charge in [-0.1, -0.05) is 97.4 Å². The Bertz CT molecular complexity index is 1870. The molecular weight excluding hydrogens is 526 g/mol. The lowest BCUT2D eigenvalue weighted by atomic mass is 9.66. The van der Waals surface area contributed by atoms with Crippen LogP contribution in [-0.2, 0) is 9.53 Å². The number of anilines is 1. The van der Waals surface area contributed by atoms with Gasteiger partial charge in [-0.05, 0) is 48.8 Å². The average molecular weight is 558 g/mol. The average Bonchev–Trinajstić information content (AvgIpc) is 3.35. The molecule has 2 aliphatic heterocycles. The maximum Gasteiger partial charge on any atom is 0.410 e. The molecule has 0 bridgehead atoms. The molecule has 7 rings (SSSR count). The van der Waals surface area contributed by atoms with Crippen molar-refractivity contribution in [3.05, 3.63) is 129 Å². The minimum Gasteiger partial charge on any atom is -0.458 e. The van der Waals surface area contributed by atoms with Crippen LogP contribution in [0.3, 0.4) is 0 Å². The molecule has 0 unspecified atom stereocenters. The van der Waals surface area contributed by atoms with Crippen molar-refractivity contribution in [2.24, 2.45) is 10.9 Å². The second-order valence-corrected chi connectivity index (χ2v) is 11.2. The van der Waals surface area contributed by atoms with Crippen LogP contribution < -0.4 is 15.5 Å². The van der Waals surface area contributed by atoms with Gasteiger partial charge in [-0.15, -0.1) is 0 Å². The van der Waals surface area contributed by atoms with E-state index in [9.17, 15) is 14.9 Å². The number of nitro groups is 1. The topological polar surface area (TPSA) is 85.0 Å². The number of carbonyl (C=O) groups is 1. The smallest absolute Gasteiger partial charge is 0.410 e. The van der Waals surface area contributed by atoms with Gasteiger partial charge in [0.1, 0.15) is 5.66 Å². The molecule has 0 amide bonds. The van der Waals surface area contributed by atoms with E-state index in [1.807, 2.05) is 48.5 Å². The molecule has 0 saturated heterocycles. The van der Waals surface area contributed by atoms with Crippen molar-refractivity contribution in [2.75, 3.05) is 11.5 Å². The third-order valence-electron chi connectivity index (χ3n) is 9.01. The lowest BCUT2D eigenvalue weighted by Gasteiger charge is -2.53. The van der Waals surface area contributed by atoms with Gasteiger partial charge in [-0.3, -0.25) is 15.1 Å². The summed E-state index contributed by atoms with van der Waals surface area (Å²) >= 11 is 0. The van der Waals surface area contributed by atoms with Crippen LogP contribution in [0.15, 0.2) is 102 Å². The van der Waals surface area contributed by atoms with Crippen molar-refractivity contribution in [3.63, 3.8) is 0 Å². The molecule has 0 aromatic heterocycles. The molecule has 210 valence electrons. The SMILES string of the molecule is CCOC(=O)/C(=c1/cc2c(c3ccccc13)=N[C@]13CCCC[C@@H]1[C@H](c1ccccc1)C=C(c1ccccc1)N23)[N+](=O)[O-]. The van der Waals surface area contributed by atoms with Crippen LogP contribution in [0.25, 0.3) is 22.2 Å². The molecule has 4 aromatic carbocycles. The predicted molar refractivity (Wildman–Crippen MR) is 163 cm³/mol. The number of rotatable bonds is 5. The summed E-state index contributed by atoms with van der Waals surface area (Å²) in [6, 6.07) is 30.3. The molecule has 7 nitrogen and oxygen atoms in total. The van der Waals surface area contributed by atoms with Gasteiger partial charge in [0.25, 0.3) is 0 Å². The summed E-state index contributed by atoms with van der Waals surface area (Å²) in [5, 5.41) is 14.9. The standard InChI is InChI=1S/C35H31N3O4/c1-2-42-34(39)33(38(40)41)28-22-31-32(26-18-10-9-17-25(26)28)36-35-20-12-11-19-29(35)27(23-13-5-3-6-14-23)21-30(37(31)35)24-15-7-4-8-16-24/h3-10,13-18,21-22,27,29H,2,11-12,19-20H2,1H3/b33-28+/t27-,29+,35-/m0/s1. The Balaban J connectivity index is 1.59. The molecule has 4 aromatic rings. The first-order valence-corrected chi connectivity index (χ1v) is 14.6. The highest BCUT2D eigenvalue weighted by molar-refractivity contribution is 6.08. The van der Waals surface area contributed by atoms with Crippen LogP contribution in [0.2, 0.25) is 0 Å². The van der Waals surface area contributed by atoms with Crippen LogP contribution in [0.5, 0.6) is 0 Å². The van der Waals surface area contributed by atoms with Crippen molar-refractivity contribution in [1.82, 2.24) is 0 Å². The largest absolute Gasteiger partial charge is 0.458 e. The first kappa shape index (κ1) is 26.1. The van der Waals surface area contributed by atoms with Crippen molar-refractivity contribution in [3.8, 4) is 0 Å². The quantitative estimate of drug-likeness (QED) is 0.172. The Hall–Kier alpha value is -4.78. The number of esters is 1. The fourth-order valence-corrected chi connectivity index (χ4v) is 7.35. The van der Waals surface area contributed by atoms with Crippen LogP contribution in [-0.4, -0.2) is 23.2 Å². The number of carbonyl (C=O) groups excluding carboxylic acids is 1. The zero-order valence-electron chi connectivity index (χ0n) is 23.4. The molecule has 1 saturated carbocycles. The van der Waals surface area contributed by atoms with Gasteiger partial charge in [0.15, 0.2) is 0 Å². The highest BCUT2D eigenvalue weighted by Gasteiger charge is 2.55. The van der Waals surface area contributed by atoms with Gasteiger partial charge >= 0.3 is 11.7 Å². The third kappa shape index (κ3) is 3.95. The number of hydrogen-bond acceptors (Lipinski definition) is 6. The number of nitrogens with zero attached hydrogens (tertiary/aromatic N) is 3. The van der Waals surface area contributed by atoms with E-state index in [1.165, 1.54) is 5.56 Å². The third-order valence-corrected chi connectivity index (χ3v) is 9.01. The highest BCUT2D eigenvalue weighted by Crippen LogP contribution is 2.56. The van der Waals surface area contributed by atoms with Crippen molar-refractivity contribution in [2.45, 2.75) is 44.2 Å². The molecule has 0 radical (unpaired) electrons. The van der Waals surface area contributed by atoms with Gasteiger partial charge in [0.05, 0.1) is 27.8 Å². The van der Waals surface area contributed by atoms with Crippen LogP contribution in [0.4, 0.5) is 5.69 Å². The van der Waals surface area contributed by atoms with Crippen molar-refractivity contribution >= 4 is 33.8 Å². The zero-order valence-corrected chi connectivity index (χ0v) is 23.4. The second-order valence-electron chi connectivity index (χ2n) is 11.2. The molecule has 42 heavy (non-hydrogen) atoms. The van der Waals surface area contributed by atoms with Crippen molar-refractivity contribution < 1.29 is 14.5 Å². The van der Waals surface area contributed by atoms with Crippen LogP contribution >= 0.6 is 0 Å². The minimum absolute atomic E-state index is 0.0487. The lowest BCUT2D eigenvalue weighted by Crippen LogP contribution is -2.55. The fourth-order valence-electron chi connectivity index (χ4n) is 7.35. The van der Waals surface area contributed by atoms with Gasteiger partial charge in [-0.2, -0.15) is 0 Å².